The van der Waals surface area contributed by atoms with Crippen molar-refractivity contribution in [1.82, 2.24) is 10.2 Å². The highest BCUT2D eigenvalue weighted by Crippen LogP contribution is 2.29. The molecule has 0 saturated heterocycles. The van der Waals surface area contributed by atoms with Crippen LogP contribution < -0.4 is 5.73 Å². The Hall–Kier alpha value is -1.65. The summed E-state index contributed by atoms with van der Waals surface area (Å²) in [6.07, 6.45) is -2.57. The van der Waals surface area contributed by atoms with Gasteiger partial charge in [-0.05, 0) is 12.1 Å². The van der Waals surface area contributed by atoms with Crippen molar-refractivity contribution in [2.75, 3.05) is 5.73 Å². The molecule has 1 aromatic carbocycles. The molecule has 3 nitrogen and oxygen atoms in total. The van der Waals surface area contributed by atoms with Crippen molar-refractivity contribution in [3.63, 3.8) is 0 Å². The zero-order valence-corrected chi connectivity index (χ0v) is 6.59. The number of nitrogens with two attached hydrogens (primary N) is 1. The predicted octanol–water partition coefficient (Wildman–Crippen LogP) is 2.08. The van der Waals surface area contributed by atoms with Crippen molar-refractivity contribution in [1.29, 1.82) is 0 Å². The molecule has 0 unspecified atom stereocenters. The molecule has 0 spiro atoms. The Bertz CT molecular complexity index is 436. The maximum atomic E-state index is 12.4. The molecule has 1 aromatic heterocycles. The van der Waals surface area contributed by atoms with E-state index in [1.807, 2.05) is 0 Å². The Labute approximate surface area is 72.5 Å². The zero-order chi connectivity index (χ0) is 9.42. The van der Waals surface area contributed by atoms with Crippen LogP contribution in [-0.4, -0.2) is 10.2 Å². The molecule has 0 radical (unpaired) electrons. The van der Waals surface area contributed by atoms with E-state index >= 15 is 0 Å². The summed E-state index contributed by atoms with van der Waals surface area (Å²) in [5.74, 6) is 0. The van der Waals surface area contributed by atoms with Gasteiger partial charge in [0.15, 0.2) is 0 Å². The van der Waals surface area contributed by atoms with E-state index in [1.165, 1.54) is 0 Å². The summed E-state index contributed by atoms with van der Waals surface area (Å²) in [5, 5.41) is 6.31. The van der Waals surface area contributed by atoms with Gasteiger partial charge >= 0.3 is 0 Å². The van der Waals surface area contributed by atoms with E-state index in [1.54, 1.807) is 18.2 Å². The molecule has 2 aromatic rings. The van der Waals surface area contributed by atoms with E-state index < -0.39 is 6.43 Å². The number of hydrogen-bond donors (Lipinski definition) is 2. The Morgan fingerprint density at radius 1 is 1.38 bits per heavy atom. The maximum absolute atomic E-state index is 12.4. The van der Waals surface area contributed by atoms with E-state index in [4.69, 9.17) is 5.73 Å². The fraction of sp³-hybridized carbons (Fsp3) is 0.125. The van der Waals surface area contributed by atoms with Crippen LogP contribution in [0.25, 0.3) is 10.9 Å². The summed E-state index contributed by atoms with van der Waals surface area (Å²) in [5.41, 5.74) is 6.12. The van der Waals surface area contributed by atoms with E-state index in [-0.39, 0.29) is 5.69 Å². The van der Waals surface area contributed by atoms with Gasteiger partial charge < -0.3 is 5.73 Å². The first-order valence-corrected chi connectivity index (χ1v) is 3.71. The highest BCUT2D eigenvalue weighted by atomic mass is 19.3. The number of nitrogens with zero attached hydrogens (tertiary/aromatic N) is 1. The van der Waals surface area contributed by atoms with Crippen LogP contribution in [0.1, 0.15) is 12.1 Å². The number of anilines is 1. The first-order valence-electron chi connectivity index (χ1n) is 3.71. The van der Waals surface area contributed by atoms with E-state index in [0.29, 0.717) is 16.6 Å². The van der Waals surface area contributed by atoms with Gasteiger partial charge in [-0.1, -0.05) is 6.07 Å². The number of nitrogen functional groups attached to an aromatic ring is 1. The molecule has 2 rings (SSSR count). The molecule has 5 heteroatoms. The van der Waals surface area contributed by atoms with Crippen LogP contribution in [0.5, 0.6) is 0 Å². The molecule has 0 aliphatic rings. The Kier molecular flexibility index (Phi) is 1.65. The number of nitrogens with one attached hydrogen (secondary N) is 1. The van der Waals surface area contributed by atoms with Crippen molar-refractivity contribution < 1.29 is 8.78 Å². The molecule has 0 aliphatic carbocycles. The molecule has 0 aliphatic heterocycles. The average Bonchev–Trinajstić information content (AvgIpc) is 2.49. The molecule has 1 heterocycles. The second-order valence-corrected chi connectivity index (χ2v) is 2.68. The third-order valence-electron chi connectivity index (χ3n) is 1.86. The topological polar surface area (TPSA) is 54.7 Å². The summed E-state index contributed by atoms with van der Waals surface area (Å²) >= 11 is 0. The number of halogens is 2. The number of aromatic nitrogens is 2. The van der Waals surface area contributed by atoms with Crippen LogP contribution in [0.3, 0.4) is 0 Å². The van der Waals surface area contributed by atoms with Crippen molar-refractivity contribution in [3.8, 4) is 0 Å². The van der Waals surface area contributed by atoms with Gasteiger partial charge in [0.05, 0.1) is 10.9 Å². The minimum absolute atomic E-state index is 0.215. The largest absolute Gasteiger partial charge is 0.398 e. The summed E-state index contributed by atoms with van der Waals surface area (Å²) in [7, 11) is 0. The SMILES string of the molecule is Nc1cccc2n[nH]c(C(F)F)c12. The van der Waals surface area contributed by atoms with Crippen LogP contribution in [0, 0.1) is 0 Å². The smallest absolute Gasteiger partial charge is 0.280 e. The Balaban J connectivity index is 2.79. The van der Waals surface area contributed by atoms with Gasteiger partial charge in [-0.25, -0.2) is 8.78 Å². The van der Waals surface area contributed by atoms with Gasteiger partial charge in [-0.15, -0.1) is 0 Å². The van der Waals surface area contributed by atoms with E-state index in [9.17, 15) is 8.78 Å². The molecule has 0 fully saturated rings. The van der Waals surface area contributed by atoms with Gasteiger partial charge in [0.1, 0.15) is 5.69 Å². The molecule has 0 atom stereocenters. The molecule has 3 N–H and O–H groups in total. The first kappa shape index (κ1) is 7.97. The summed E-state index contributed by atoms with van der Waals surface area (Å²) in [6.45, 7) is 0. The van der Waals surface area contributed by atoms with E-state index in [2.05, 4.69) is 10.2 Å². The fourth-order valence-electron chi connectivity index (χ4n) is 1.28. The average molecular weight is 183 g/mol. The lowest BCUT2D eigenvalue weighted by Gasteiger charge is -1.98. The lowest BCUT2D eigenvalue weighted by molar-refractivity contribution is 0.147. The van der Waals surface area contributed by atoms with Crippen molar-refractivity contribution in [2.24, 2.45) is 0 Å². The predicted molar refractivity (Wildman–Crippen MR) is 45.5 cm³/mol. The highest BCUT2D eigenvalue weighted by Gasteiger charge is 2.15. The second kappa shape index (κ2) is 2.69. The highest BCUT2D eigenvalue weighted by molar-refractivity contribution is 5.92. The molecule has 0 saturated carbocycles. The molecule has 68 valence electrons. The third kappa shape index (κ3) is 1.12. The molecule has 13 heavy (non-hydrogen) atoms. The first-order chi connectivity index (χ1) is 6.20. The van der Waals surface area contributed by atoms with Gasteiger partial charge in [-0.2, -0.15) is 5.10 Å². The normalized spacial score (nSPS) is 11.3. The Morgan fingerprint density at radius 3 is 2.85 bits per heavy atom. The number of alkyl halides is 2. The van der Waals surface area contributed by atoms with Gasteiger partial charge in [0.25, 0.3) is 6.43 Å². The number of aromatic amines is 1. The van der Waals surface area contributed by atoms with E-state index in [0.717, 1.165) is 0 Å². The van der Waals surface area contributed by atoms with Crippen LogP contribution in [0.4, 0.5) is 14.5 Å². The van der Waals surface area contributed by atoms with Gasteiger partial charge in [-0.3, -0.25) is 5.10 Å². The number of fused-ring (bicyclic) bond motifs is 1. The molecule has 0 bridgehead atoms. The minimum atomic E-state index is -2.57. The Morgan fingerprint density at radius 2 is 2.15 bits per heavy atom. The lowest BCUT2D eigenvalue weighted by atomic mass is 10.2. The van der Waals surface area contributed by atoms with Crippen molar-refractivity contribution >= 4 is 16.6 Å². The monoisotopic (exact) mass is 183 g/mol. The number of benzene rings is 1. The lowest BCUT2D eigenvalue weighted by Crippen LogP contribution is -1.89. The molecular formula is C8H7F2N3. The molecular weight excluding hydrogens is 176 g/mol. The summed E-state index contributed by atoms with van der Waals surface area (Å²) in [6, 6.07) is 4.88. The number of hydrogen-bond acceptors (Lipinski definition) is 2. The summed E-state index contributed by atoms with van der Waals surface area (Å²) < 4.78 is 24.8. The second-order valence-electron chi connectivity index (χ2n) is 2.68. The maximum Gasteiger partial charge on any atom is 0.280 e. The third-order valence-corrected chi connectivity index (χ3v) is 1.86. The quantitative estimate of drug-likeness (QED) is 0.665. The molecule has 0 amide bonds. The summed E-state index contributed by atoms with van der Waals surface area (Å²) in [4.78, 5) is 0. The number of rotatable bonds is 1. The van der Waals surface area contributed by atoms with Crippen LogP contribution in [-0.2, 0) is 0 Å². The zero-order valence-electron chi connectivity index (χ0n) is 6.59. The van der Waals surface area contributed by atoms with Crippen molar-refractivity contribution in [2.45, 2.75) is 6.43 Å². The van der Waals surface area contributed by atoms with Gasteiger partial charge in [0.2, 0.25) is 0 Å². The van der Waals surface area contributed by atoms with Gasteiger partial charge in [0, 0.05) is 5.69 Å². The standard InChI is InChI=1S/C8H7F2N3/c9-8(10)7-6-4(11)2-1-3-5(6)12-13-7/h1-3,8H,11H2,(H,12,13). The van der Waals surface area contributed by atoms with Crippen LogP contribution in [0.15, 0.2) is 18.2 Å². The van der Waals surface area contributed by atoms with Crippen LogP contribution >= 0.6 is 0 Å². The van der Waals surface area contributed by atoms with Crippen molar-refractivity contribution in [3.05, 3.63) is 23.9 Å². The van der Waals surface area contributed by atoms with Crippen LogP contribution in [0.2, 0.25) is 0 Å². The minimum Gasteiger partial charge on any atom is -0.398 e. The fourth-order valence-corrected chi connectivity index (χ4v) is 1.28. The number of H-pyrrole nitrogens is 1.